The molecule has 0 spiro atoms. The van der Waals surface area contributed by atoms with E-state index in [1.165, 1.54) is 71.0 Å². The maximum absolute atomic E-state index is 3.66. The second-order valence-corrected chi connectivity index (χ2v) is 6.02. The van der Waals surface area contributed by atoms with E-state index in [2.05, 4.69) is 10.2 Å². The zero-order valence-corrected chi connectivity index (χ0v) is 10.5. The van der Waals surface area contributed by atoms with Crippen molar-refractivity contribution in [3.8, 4) is 0 Å². The molecule has 1 aliphatic heterocycles. The van der Waals surface area contributed by atoms with Gasteiger partial charge < -0.3 is 5.32 Å². The molecule has 3 aliphatic rings. The highest BCUT2D eigenvalue weighted by Gasteiger charge is 2.32. The van der Waals surface area contributed by atoms with Gasteiger partial charge in [0.2, 0.25) is 0 Å². The zero-order chi connectivity index (χ0) is 10.8. The summed E-state index contributed by atoms with van der Waals surface area (Å²) in [7, 11) is 0. The van der Waals surface area contributed by atoms with Crippen LogP contribution in [0.5, 0.6) is 0 Å². The van der Waals surface area contributed by atoms with Crippen LogP contribution < -0.4 is 5.32 Å². The largest absolute Gasteiger partial charge is 0.313 e. The molecule has 3 rings (SSSR count). The average molecular weight is 222 g/mol. The molecule has 0 aromatic rings. The van der Waals surface area contributed by atoms with E-state index in [4.69, 9.17) is 0 Å². The minimum Gasteiger partial charge on any atom is -0.313 e. The predicted molar refractivity (Wildman–Crippen MR) is 67.6 cm³/mol. The number of piperidine rings is 1. The third kappa shape index (κ3) is 2.60. The van der Waals surface area contributed by atoms with Crippen molar-refractivity contribution in [2.24, 2.45) is 5.92 Å². The van der Waals surface area contributed by atoms with Crippen LogP contribution in [0.25, 0.3) is 0 Å². The maximum atomic E-state index is 3.66. The summed E-state index contributed by atoms with van der Waals surface area (Å²) in [4.78, 5) is 2.79. The van der Waals surface area contributed by atoms with Gasteiger partial charge in [0, 0.05) is 25.2 Å². The van der Waals surface area contributed by atoms with Gasteiger partial charge in [-0.25, -0.2) is 0 Å². The molecule has 3 fully saturated rings. The van der Waals surface area contributed by atoms with Gasteiger partial charge in [-0.1, -0.05) is 12.8 Å². The number of hydrogen-bond acceptors (Lipinski definition) is 2. The van der Waals surface area contributed by atoms with E-state index < -0.39 is 0 Å². The summed E-state index contributed by atoms with van der Waals surface area (Å²) in [5, 5.41) is 3.66. The highest BCUT2D eigenvalue weighted by Crippen LogP contribution is 2.34. The second-order valence-electron chi connectivity index (χ2n) is 6.02. The van der Waals surface area contributed by atoms with E-state index in [9.17, 15) is 0 Å². The van der Waals surface area contributed by atoms with Crippen molar-refractivity contribution in [2.75, 3.05) is 19.6 Å². The molecule has 1 saturated heterocycles. The second kappa shape index (κ2) is 5.05. The van der Waals surface area contributed by atoms with Gasteiger partial charge in [0.25, 0.3) is 0 Å². The summed E-state index contributed by atoms with van der Waals surface area (Å²) in [5.74, 6) is 1.04. The lowest BCUT2D eigenvalue weighted by Crippen LogP contribution is -2.48. The Labute approximate surface area is 99.8 Å². The minimum absolute atomic E-state index is 0.881. The van der Waals surface area contributed by atoms with Crippen LogP contribution in [-0.4, -0.2) is 36.6 Å². The molecule has 2 aliphatic carbocycles. The Morgan fingerprint density at radius 3 is 2.62 bits per heavy atom. The van der Waals surface area contributed by atoms with Gasteiger partial charge in [-0.2, -0.15) is 0 Å². The number of hydrogen-bond donors (Lipinski definition) is 1. The number of likely N-dealkylation sites (tertiary alicyclic amines) is 1. The Hall–Kier alpha value is -0.0800. The van der Waals surface area contributed by atoms with Crippen LogP contribution in [0, 0.1) is 5.92 Å². The molecule has 1 heterocycles. The Kier molecular flexibility index (Phi) is 3.49. The number of nitrogens with zero attached hydrogens (tertiary/aromatic N) is 1. The molecule has 16 heavy (non-hydrogen) atoms. The normalized spacial score (nSPS) is 36.0. The van der Waals surface area contributed by atoms with E-state index in [1.807, 2.05) is 0 Å². The Morgan fingerprint density at radius 2 is 1.75 bits per heavy atom. The van der Waals surface area contributed by atoms with Crippen molar-refractivity contribution in [1.29, 1.82) is 0 Å². The van der Waals surface area contributed by atoms with Crippen molar-refractivity contribution in [1.82, 2.24) is 10.2 Å². The molecule has 2 nitrogen and oxygen atoms in total. The number of fused-ring (bicyclic) bond motifs is 1. The van der Waals surface area contributed by atoms with Crippen LogP contribution in [0.2, 0.25) is 0 Å². The number of nitrogens with one attached hydrogen (secondary N) is 1. The van der Waals surface area contributed by atoms with Gasteiger partial charge in [0.1, 0.15) is 0 Å². The summed E-state index contributed by atoms with van der Waals surface area (Å²) < 4.78 is 0. The van der Waals surface area contributed by atoms with Crippen molar-refractivity contribution >= 4 is 0 Å². The molecule has 0 amide bonds. The Balaban J connectivity index is 1.47. The third-order valence-electron chi connectivity index (χ3n) is 4.77. The molecule has 2 heteroatoms. The Morgan fingerprint density at radius 1 is 0.938 bits per heavy atom. The summed E-state index contributed by atoms with van der Waals surface area (Å²) in [6.45, 7) is 3.90. The molecule has 0 bridgehead atoms. The smallest absolute Gasteiger partial charge is 0.0124 e. The van der Waals surface area contributed by atoms with E-state index in [1.54, 1.807) is 0 Å². The lowest BCUT2D eigenvalue weighted by atomic mass is 9.78. The molecule has 0 unspecified atom stereocenters. The SMILES string of the molecule is C1CC[C@@H]2[C@H](C1)CCCN2CCNC1CC1. The first-order valence-corrected chi connectivity index (χ1v) is 7.41. The topological polar surface area (TPSA) is 15.3 Å². The van der Waals surface area contributed by atoms with E-state index >= 15 is 0 Å². The van der Waals surface area contributed by atoms with Gasteiger partial charge in [-0.05, 0) is 51.0 Å². The van der Waals surface area contributed by atoms with Crippen molar-refractivity contribution in [2.45, 2.75) is 63.5 Å². The highest BCUT2D eigenvalue weighted by molar-refractivity contribution is 4.88. The number of rotatable bonds is 4. The van der Waals surface area contributed by atoms with Crippen molar-refractivity contribution in [3.63, 3.8) is 0 Å². The molecule has 0 aromatic heterocycles. The van der Waals surface area contributed by atoms with Gasteiger partial charge in [0.05, 0.1) is 0 Å². The van der Waals surface area contributed by atoms with Crippen LogP contribution in [0.4, 0.5) is 0 Å². The van der Waals surface area contributed by atoms with Crippen LogP contribution in [0.15, 0.2) is 0 Å². The average Bonchev–Trinajstić information content (AvgIpc) is 3.13. The first-order valence-electron chi connectivity index (χ1n) is 7.41. The third-order valence-corrected chi connectivity index (χ3v) is 4.77. The minimum atomic E-state index is 0.881. The van der Waals surface area contributed by atoms with Gasteiger partial charge >= 0.3 is 0 Å². The molecule has 2 saturated carbocycles. The fourth-order valence-corrected chi connectivity index (χ4v) is 3.71. The molecular weight excluding hydrogens is 196 g/mol. The fraction of sp³-hybridized carbons (Fsp3) is 1.00. The zero-order valence-electron chi connectivity index (χ0n) is 10.5. The Bertz CT molecular complexity index is 223. The summed E-state index contributed by atoms with van der Waals surface area (Å²) in [5.41, 5.74) is 0. The molecule has 92 valence electrons. The van der Waals surface area contributed by atoms with Gasteiger partial charge in [-0.15, -0.1) is 0 Å². The van der Waals surface area contributed by atoms with Crippen molar-refractivity contribution in [3.05, 3.63) is 0 Å². The molecule has 2 atom stereocenters. The van der Waals surface area contributed by atoms with Crippen LogP contribution in [0.3, 0.4) is 0 Å². The summed E-state index contributed by atoms with van der Waals surface area (Å²) in [6, 6.07) is 1.83. The van der Waals surface area contributed by atoms with Crippen LogP contribution in [-0.2, 0) is 0 Å². The molecular formula is C14H26N2. The monoisotopic (exact) mass is 222 g/mol. The standard InChI is InChI=1S/C14H26N2/c1-2-6-14-12(4-1)5-3-10-16(14)11-9-15-13-7-8-13/h12-15H,1-11H2/t12-,14-/m1/s1. The highest BCUT2D eigenvalue weighted by atomic mass is 15.2. The van der Waals surface area contributed by atoms with E-state index in [-0.39, 0.29) is 0 Å². The predicted octanol–water partition coefficient (Wildman–Crippen LogP) is 2.39. The summed E-state index contributed by atoms with van der Waals surface area (Å²) >= 11 is 0. The van der Waals surface area contributed by atoms with Crippen LogP contribution >= 0.6 is 0 Å². The first kappa shape index (κ1) is 11.0. The molecule has 0 radical (unpaired) electrons. The quantitative estimate of drug-likeness (QED) is 0.786. The van der Waals surface area contributed by atoms with Crippen LogP contribution in [0.1, 0.15) is 51.4 Å². The molecule has 1 N–H and O–H groups in total. The van der Waals surface area contributed by atoms with E-state index in [0.29, 0.717) is 0 Å². The lowest BCUT2D eigenvalue weighted by molar-refractivity contribution is 0.0618. The lowest BCUT2D eigenvalue weighted by Gasteiger charge is -2.44. The van der Waals surface area contributed by atoms with E-state index in [0.717, 1.165) is 18.0 Å². The molecule has 0 aromatic carbocycles. The summed E-state index contributed by atoms with van der Waals surface area (Å²) in [6.07, 6.45) is 11.8. The first-order chi connectivity index (χ1) is 7.93. The fourth-order valence-electron chi connectivity index (χ4n) is 3.71. The van der Waals surface area contributed by atoms with Gasteiger partial charge in [-0.3, -0.25) is 4.90 Å². The van der Waals surface area contributed by atoms with Crippen molar-refractivity contribution < 1.29 is 0 Å². The maximum Gasteiger partial charge on any atom is 0.0124 e. The van der Waals surface area contributed by atoms with Gasteiger partial charge in [0.15, 0.2) is 0 Å².